The van der Waals surface area contributed by atoms with Crippen molar-refractivity contribution >= 4 is 16.9 Å². The molecule has 2 N–H and O–H groups in total. The van der Waals surface area contributed by atoms with Gasteiger partial charge in [0.1, 0.15) is 0 Å². The molecule has 6 heteroatoms. The lowest BCUT2D eigenvalue weighted by Gasteiger charge is -2.27. The van der Waals surface area contributed by atoms with Crippen molar-refractivity contribution in [1.82, 2.24) is 14.5 Å². The van der Waals surface area contributed by atoms with Gasteiger partial charge in [0.05, 0.1) is 42.8 Å². The first kappa shape index (κ1) is 23.1. The third-order valence-electron chi connectivity index (χ3n) is 6.86. The summed E-state index contributed by atoms with van der Waals surface area (Å²) in [5, 5.41) is 12.3. The van der Waals surface area contributed by atoms with Crippen molar-refractivity contribution in [2.45, 2.75) is 32.9 Å². The molecule has 1 saturated heterocycles. The molecule has 0 aliphatic carbocycles. The van der Waals surface area contributed by atoms with Crippen LogP contribution in [0.3, 0.4) is 0 Å². The predicted octanol–water partition coefficient (Wildman–Crippen LogP) is 4.13. The first-order valence-electron chi connectivity index (χ1n) is 12.2. The van der Waals surface area contributed by atoms with E-state index in [4.69, 9.17) is 4.74 Å². The Labute approximate surface area is 205 Å². The summed E-state index contributed by atoms with van der Waals surface area (Å²) in [6.45, 7) is 6.21. The zero-order valence-corrected chi connectivity index (χ0v) is 20.3. The molecule has 1 unspecified atom stereocenters. The number of carbonyl (C=O) groups is 1. The maximum atomic E-state index is 12.6. The van der Waals surface area contributed by atoms with Crippen molar-refractivity contribution in [3.05, 3.63) is 101 Å². The number of nitrogens with zero attached hydrogens (tertiary/aromatic N) is 2. The topological polar surface area (TPSA) is 72.0 Å². The number of nitrogens with one attached hydrogen (secondary N) is 2. The molecule has 1 aliphatic heterocycles. The van der Waals surface area contributed by atoms with Crippen molar-refractivity contribution in [2.75, 3.05) is 19.8 Å². The molecule has 6 nitrogen and oxygen atoms in total. The number of hydrogen-bond donors (Lipinski definition) is 2. The van der Waals surface area contributed by atoms with Crippen molar-refractivity contribution in [1.29, 1.82) is 5.41 Å². The molecule has 0 bridgehead atoms. The van der Waals surface area contributed by atoms with Crippen LogP contribution >= 0.6 is 0 Å². The Morgan fingerprint density at radius 2 is 1.54 bits per heavy atom. The summed E-state index contributed by atoms with van der Waals surface area (Å²) in [6, 6.07) is 25.1. The third-order valence-corrected chi connectivity index (χ3v) is 6.86. The Morgan fingerprint density at radius 3 is 2.14 bits per heavy atom. The van der Waals surface area contributed by atoms with Gasteiger partial charge in [0.25, 0.3) is 0 Å². The molecule has 1 aliphatic rings. The molecule has 0 radical (unpaired) electrons. The number of ether oxygens (including phenoxy) is 1. The van der Waals surface area contributed by atoms with Gasteiger partial charge < -0.3 is 19.2 Å². The zero-order chi connectivity index (χ0) is 24.4. The molecule has 5 rings (SSSR count). The molecule has 1 fully saturated rings. The summed E-state index contributed by atoms with van der Waals surface area (Å²) >= 11 is 0. The van der Waals surface area contributed by atoms with E-state index in [0.717, 1.165) is 23.0 Å². The van der Waals surface area contributed by atoms with Gasteiger partial charge in [0, 0.05) is 6.54 Å². The number of aromatic nitrogens is 2. The van der Waals surface area contributed by atoms with Gasteiger partial charge in [-0.05, 0) is 43.5 Å². The summed E-state index contributed by atoms with van der Waals surface area (Å²) in [7, 11) is 0. The Balaban J connectivity index is 1.53. The molecule has 1 atom stereocenters. The maximum absolute atomic E-state index is 12.6. The fourth-order valence-corrected chi connectivity index (χ4v) is 4.66. The van der Waals surface area contributed by atoms with E-state index < -0.39 is 0 Å². The minimum absolute atomic E-state index is 0.0284. The number of rotatable bonds is 8. The van der Waals surface area contributed by atoms with Gasteiger partial charge in [0.2, 0.25) is 11.5 Å². The van der Waals surface area contributed by atoms with Crippen molar-refractivity contribution in [2.24, 2.45) is 5.92 Å². The maximum Gasteiger partial charge on any atom is 0.227 e. The lowest BCUT2D eigenvalue weighted by atomic mass is 10.0. The number of fused-ring (bicyclic) bond motifs is 1. The molecule has 1 amide bonds. The minimum Gasteiger partial charge on any atom is -0.380 e. The van der Waals surface area contributed by atoms with Crippen molar-refractivity contribution < 1.29 is 9.53 Å². The number of imidazole rings is 1. The minimum atomic E-state index is -0.0979. The van der Waals surface area contributed by atoms with Crippen molar-refractivity contribution in [3.8, 4) is 0 Å². The largest absolute Gasteiger partial charge is 0.380 e. The van der Waals surface area contributed by atoms with Crippen LogP contribution in [0.1, 0.15) is 28.3 Å². The van der Waals surface area contributed by atoms with E-state index in [2.05, 4.69) is 89.0 Å². The van der Waals surface area contributed by atoms with E-state index >= 15 is 0 Å². The summed E-state index contributed by atoms with van der Waals surface area (Å²) in [5.41, 5.74) is 7.23. The molecule has 2 heterocycles. The normalized spacial score (nSPS) is 14.6. The highest BCUT2D eigenvalue weighted by atomic mass is 16.5. The second-order valence-electron chi connectivity index (χ2n) is 9.58. The van der Waals surface area contributed by atoms with E-state index in [-0.39, 0.29) is 17.9 Å². The SMILES string of the molecule is Cc1ccc(CC(CNC(=O)C2COC2)n2c(=N)n(Cc3ccc(C)cc3)c3ccccc32)cc1. The molecule has 0 saturated carbocycles. The summed E-state index contributed by atoms with van der Waals surface area (Å²) in [5.74, 6) is -0.0425. The third kappa shape index (κ3) is 4.93. The van der Waals surface area contributed by atoms with Gasteiger partial charge in [0.15, 0.2) is 0 Å². The first-order valence-corrected chi connectivity index (χ1v) is 12.2. The quantitative estimate of drug-likeness (QED) is 0.408. The predicted molar refractivity (Wildman–Crippen MR) is 137 cm³/mol. The Bertz CT molecular complexity index is 1380. The number of para-hydroxylation sites is 2. The second kappa shape index (κ2) is 9.92. The van der Waals surface area contributed by atoms with Gasteiger partial charge in [-0.1, -0.05) is 71.8 Å². The van der Waals surface area contributed by atoms with Crippen molar-refractivity contribution in [3.63, 3.8) is 0 Å². The highest BCUT2D eigenvalue weighted by Crippen LogP contribution is 2.22. The van der Waals surface area contributed by atoms with Crippen LogP contribution in [0.15, 0.2) is 72.8 Å². The lowest BCUT2D eigenvalue weighted by Crippen LogP contribution is -2.45. The molecular weight excluding hydrogens is 436 g/mol. The summed E-state index contributed by atoms with van der Waals surface area (Å²) in [6.07, 6.45) is 0.719. The van der Waals surface area contributed by atoms with Crippen LogP contribution in [-0.2, 0) is 22.5 Å². The highest BCUT2D eigenvalue weighted by Gasteiger charge is 2.27. The number of carbonyl (C=O) groups excluding carboxylic acids is 1. The zero-order valence-electron chi connectivity index (χ0n) is 20.3. The molecule has 0 spiro atoms. The molecule has 180 valence electrons. The average molecular weight is 469 g/mol. The molecule has 35 heavy (non-hydrogen) atoms. The Hall–Kier alpha value is -3.64. The van der Waals surface area contributed by atoms with E-state index in [0.29, 0.717) is 31.9 Å². The van der Waals surface area contributed by atoms with Crippen LogP contribution in [0.5, 0.6) is 0 Å². The highest BCUT2D eigenvalue weighted by molar-refractivity contribution is 5.79. The number of aryl methyl sites for hydroxylation is 2. The standard InChI is InChI=1S/C29H32N4O2/c1-20-7-11-22(12-8-20)15-25(16-31-28(34)24-18-35-19-24)33-27-6-4-3-5-26(27)32(29(33)30)17-23-13-9-21(2)10-14-23/h3-14,24-25,30H,15-19H2,1-2H3,(H,31,34). The van der Waals surface area contributed by atoms with E-state index in [1.807, 2.05) is 12.1 Å². The van der Waals surface area contributed by atoms with E-state index in [1.165, 1.54) is 16.7 Å². The average Bonchev–Trinajstić information content (AvgIpc) is 3.09. The Morgan fingerprint density at radius 1 is 0.943 bits per heavy atom. The number of hydrogen-bond acceptors (Lipinski definition) is 3. The van der Waals surface area contributed by atoms with Crippen LogP contribution in [0.4, 0.5) is 0 Å². The fourth-order valence-electron chi connectivity index (χ4n) is 4.66. The van der Waals surface area contributed by atoms with Gasteiger partial charge in [-0.3, -0.25) is 10.2 Å². The fraction of sp³-hybridized carbons (Fsp3) is 0.310. The number of benzene rings is 3. The van der Waals surface area contributed by atoms with Gasteiger partial charge in [-0.25, -0.2) is 0 Å². The lowest BCUT2D eigenvalue weighted by molar-refractivity contribution is -0.139. The van der Waals surface area contributed by atoms with Crippen LogP contribution in [0.2, 0.25) is 0 Å². The van der Waals surface area contributed by atoms with E-state index in [9.17, 15) is 10.2 Å². The molecular formula is C29H32N4O2. The smallest absolute Gasteiger partial charge is 0.227 e. The molecule has 4 aromatic rings. The number of amides is 1. The van der Waals surface area contributed by atoms with Gasteiger partial charge in [-0.15, -0.1) is 0 Å². The first-order chi connectivity index (χ1) is 17.0. The second-order valence-corrected chi connectivity index (χ2v) is 9.58. The van der Waals surface area contributed by atoms with Gasteiger partial charge >= 0.3 is 0 Å². The molecule has 1 aromatic heterocycles. The van der Waals surface area contributed by atoms with E-state index in [1.54, 1.807) is 0 Å². The summed E-state index contributed by atoms with van der Waals surface area (Å²) in [4.78, 5) is 12.6. The van der Waals surface area contributed by atoms with Crippen LogP contribution < -0.4 is 10.9 Å². The monoisotopic (exact) mass is 468 g/mol. The summed E-state index contributed by atoms with van der Waals surface area (Å²) < 4.78 is 9.34. The van der Waals surface area contributed by atoms with Crippen LogP contribution in [0, 0.1) is 25.2 Å². The Kier molecular flexibility index (Phi) is 6.55. The van der Waals surface area contributed by atoms with Gasteiger partial charge in [-0.2, -0.15) is 0 Å². The van der Waals surface area contributed by atoms with Crippen LogP contribution in [0.25, 0.3) is 11.0 Å². The molecule has 3 aromatic carbocycles. The van der Waals surface area contributed by atoms with Crippen LogP contribution in [-0.4, -0.2) is 34.8 Å².